The average Bonchev–Trinajstić information content (AvgIpc) is 2.53. The molecule has 2 atom stereocenters. The number of amides is 3. The van der Waals surface area contributed by atoms with Gasteiger partial charge in [0.2, 0.25) is 0 Å². The molecule has 1 aromatic carbocycles. The van der Waals surface area contributed by atoms with Crippen LogP contribution in [0.3, 0.4) is 0 Å². The minimum atomic E-state index is -0.600. The van der Waals surface area contributed by atoms with Gasteiger partial charge in [0, 0.05) is 24.8 Å². The number of anilines is 2. The van der Waals surface area contributed by atoms with Gasteiger partial charge in [-0.15, -0.1) is 0 Å². The number of urea groups is 1. The zero-order chi connectivity index (χ0) is 20.2. The van der Waals surface area contributed by atoms with Crippen LogP contribution in [0.2, 0.25) is 0 Å². The summed E-state index contributed by atoms with van der Waals surface area (Å²) in [5.41, 5.74) is 0.425. The highest BCUT2D eigenvalue weighted by Crippen LogP contribution is 2.29. The quantitative estimate of drug-likeness (QED) is 0.836. The summed E-state index contributed by atoms with van der Waals surface area (Å²) in [7, 11) is 1.49. The van der Waals surface area contributed by atoms with Gasteiger partial charge in [0.15, 0.2) is 0 Å². The van der Waals surface area contributed by atoms with Crippen molar-refractivity contribution in [3.8, 4) is 5.75 Å². The fourth-order valence-electron chi connectivity index (χ4n) is 2.83. The molecule has 2 rings (SSSR count). The van der Waals surface area contributed by atoms with Crippen LogP contribution in [0.25, 0.3) is 0 Å². The molecule has 2 N–H and O–H groups in total. The van der Waals surface area contributed by atoms with E-state index in [0.29, 0.717) is 30.2 Å². The number of hydrogen-bond acceptors (Lipinski definition) is 5. The van der Waals surface area contributed by atoms with Gasteiger partial charge in [0.1, 0.15) is 11.4 Å². The molecule has 0 bridgehead atoms. The summed E-state index contributed by atoms with van der Waals surface area (Å²) in [5.74, 6) is 0.419. The van der Waals surface area contributed by atoms with Crippen molar-refractivity contribution in [2.75, 3.05) is 30.8 Å². The van der Waals surface area contributed by atoms with Gasteiger partial charge in [0.25, 0.3) is 0 Å². The molecular formula is C19H29N3O5. The van der Waals surface area contributed by atoms with Crippen molar-refractivity contribution in [2.45, 2.75) is 52.4 Å². The fourth-order valence-corrected chi connectivity index (χ4v) is 2.83. The van der Waals surface area contributed by atoms with E-state index in [-0.39, 0.29) is 18.2 Å². The van der Waals surface area contributed by atoms with Crippen LogP contribution in [0, 0.1) is 0 Å². The van der Waals surface area contributed by atoms with Gasteiger partial charge in [-0.05, 0) is 46.8 Å². The van der Waals surface area contributed by atoms with Crippen molar-refractivity contribution in [1.29, 1.82) is 0 Å². The average molecular weight is 379 g/mol. The number of carbonyl (C=O) groups excluding carboxylic acids is 2. The minimum Gasteiger partial charge on any atom is -0.494 e. The van der Waals surface area contributed by atoms with Crippen LogP contribution in [-0.4, -0.2) is 55.0 Å². The standard InChI is InChI=1S/C19H29N3O5/c1-12-10-22(11-13(2)26-12)17(23)20-14-7-8-15(16(9-14)25-6)21-18(24)27-19(3,4)5/h7-9,12-13H,10-11H2,1-6H3,(H,20,23)(H,21,24). The number of rotatable bonds is 3. The van der Waals surface area contributed by atoms with Crippen LogP contribution in [0.15, 0.2) is 18.2 Å². The van der Waals surface area contributed by atoms with Gasteiger partial charge in [-0.3, -0.25) is 5.32 Å². The zero-order valence-electron chi connectivity index (χ0n) is 16.8. The lowest BCUT2D eigenvalue weighted by atomic mass is 10.2. The van der Waals surface area contributed by atoms with Crippen molar-refractivity contribution in [2.24, 2.45) is 0 Å². The number of hydrogen-bond donors (Lipinski definition) is 2. The van der Waals surface area contributed by atoms with Gasteiger partial charge in [-0.2, -0.15) is 0 Å². The third-order valence-electron chi connectivity index (χ3n) is 3.80. The largest absolute Gasteiger partial charge is 0.494 e. The summed E-state index contributed by atoms with van der Waals surface area (Å²) in [6.45, 7) is 10.3. The molecule has 0 spiro atoms. The molecule has 1 heterocycles. The molecule has 8 heteroatoms. The van der Waals surface area contributed by atoms with Crippen molar-refractivity contribution in [3.05, 3.63) is 18.2 Å². The smallest absolute Gasteiger partial charge is 0.412 e. The Kier molecular flexibility index (Phi) is 6.54. The molecule has 1 saturated heterocycles. The SMILES string of the molecule is COc1cc(NC(=O)N2CC(C)OC(C)C2)ccc1NC(=O)OC(C)(C)C. The second-order valence-corrected chi connectivity index (χ2v) is 7.63. The van der Waals surface area contributed by atoms with E-state index >= 15 is 0 Å². The Labute approximate surface area is 160 Å². The number of ether oxygens (including phenoxy) is 3. The van der Waals surface area contributed by atoms with Crippen molar-refractivity contribution >= 4 is 23.5 Å². The fraction of sp³-hybridized carbons (Fsp3) is 0.579. The third-order valence-corrected chi connectivity index (χ3v) is 3.80. The first-order chi connectivity index (χ1) is 12.6. The summed E-state index contributed by atoms with van der Waals surface area (Å²) in [6.07, 6.45) is -0.585. The Bertz CT molecular complexity index is 676. The van der Waals surface area contributed by atoms with E-state index in [9.17, 15) is 9.59 Å². The monoisotopic (exact) mass is 379 g/mol. The second-order valence-electron chi connectivity index (χ2n) is 7.63. The highest BCUT2D eigenvalue weighted by atomic mass is 16.6. The maximum Gasteiger partial charge on any atom is 0.412 e. The maximum atomic E-state index is 12.5. The third kappa shape index (κ3) is 6.32. The number of methoxy groups -OCH3 is 1. The summed E-state index contributed by atoms with van der Waals surface area (Å²) in [5, 5.41) is 5.50. The molecule has 2 unspecified atom stereocenters. The number of nitrogens with one attached hydrogen (secondary N) is 2. The van der Waals surface area contributed by atoms with Crippen LogP contribution in [0.5, 0.6) is 5.75 Å². The van der Waals surface area contributed by atoms with E-state index in [1.54, 1.807) is 43.9 Å². The van der Waals surface area contributed by atoms with Crippen LogP contribution in [-0.2, 0) is 9.47 Å². The van der Waals surface area contributed by atoms with Gasteiger partial charge in [-0.1, -0.05) is 0 Å². The Morgan fingerprint density at radius 3 is 2.33 bits per heavy atom. The van der Waals surface area contributed by atoms with Crippen molar-refractivity contribution in [3.63, 3.8) is 0 Å². The van der Waals surface area contributed by atoms with E-state index in [2.05, 4.69) is 10.6 Å². The molecule has 0 saturated carbocycles. The summed E-state index contributed by atoms with van der Waals surface area (Å²) in [6, 6.07) is 4.80. The lowest BCUT2D eigenvalue weighted by Gasteiger charge is -2.35. The van der Waals surface area contributed by atoms with E-state index in [1.807, 2.05) is 13.8 Å². The Hall–Kier alpha value is -2.48. The molecule has 27 heavy (non-hydrogen) atoms. The predicted molar refractivity (Wildman–Crippen MR) is 103 cm³/mol. The first-order valence-electron chi connectivity index (χ1n) is 8.97. The van der Waals surface area contributed by atoms with E-state index in [0.717, 1.165) is 0 Å². The lowest BCUT2D eigenvalue weighted by molar-refractivity contribution is -0.0530. The van der Waals surface area contributed by atoms with Crippen LogP contribution < -0.4 is 15.4 Å². The first-order valence-corrected chi connectivity index (χ1v) is 8.97. The maximum absolute atomic E-state index is 12.5. The van der Waals surface area contributed by atoms with Crippen molar-refractivity contribution in [1.82, 2.24) is 4.90 Å². The highest BCUT2D eigenvalue weighted by Gasteiger charge is 2.26. The molecule has 0 aromatic heterocycles. The first kappa shape index (κ1) is 20.8. The Morgan fingerprint density at radius 2 is 1.78 bits per heavy atom. The molecule has 1 aliphatic heterocycles. The van der Waals surface area contributed by atoms with Gasteiger partial charge < -0.3 is 24.4 Å². The number of carbonyl (C=O) groups is 2. The molecule has 1 fully saturated rings. The summed E-state index contributed by atoms with van der Waals surface area (Å²) >= 11 is 0. The molecule has 1 aliphatic rings. The number of morpholine rings is 1. The van der Waals surface area contributed by atoms with Crippen molar-refractivity contribution < 1.29 is 23.8 Å². The molecule has 0 radical (unpaired) electrons. The number of benzene rings is 1. The zero-order valence-corrected chi connectivity index (χ0v) is 16.8. The van der Waals surface area contributed by atoms with E-state index in [1.165, 1.54) is 7.11 Å². The van der Waals surface area contributed by atoms with Gasteiger partial charge in [0.05, 0.1) is 25.0 Å². The van der Waals surface area contributed by atoms with Gasteiger partial charge >= 0.3 is 12.1 Å². The Morgan fingerprint density at radius 1 is 1.15 bits per heavy atom. The molecule has 8 nitrogen and oxygen atoms in total. The molecule has 150 valence electrons. The topological polar surface area (TPSA) is 89.1 Å². The second kappa shape index (κ2) is 8.47. The predicted octanol–water partition coefficient (Wildman–Crippen LogP) is 3.68. The van der Waals surface area contributed by atoms with E-state index < -0.39 is 11.7 Å². The summed E-state index contributed by atoms with van der Waals surface area (Å²) in [4.78, 5) is 26.2. The van der Waals surface area contributed by atoms with Gasteiger partial charge in [-0.25, -0.2) is 9.59 Å². The molecule has 0 aliphatic carbocycles. The lowest BCUT2D eigenvalue weighted by Crippen LogP contribution is -2.49. The number of nitrogens with zero attached hydrogens (tertiary/aromatic N) is 1. The molecule has 3 amide bonds. The van der Waals surface area contributed by atoms with Crippen LogP contribution in [0.1, 0.15) is 34.6 Å². The normalized spacial score (nSPS) is 20.0. The minimum absolute atomic E-state index is 0.00515. The highest BCUT2D eigenvalue weighted by molar-refractivity contribution is 5.92. The molecular weight excluding hydrogens is 350 g/mol. The van der Waals surface area contributed by atoms with E-state index in [4.69, 9.17) is 14.2 Å². The Balaban J connectivity index is 2.04. The van der Waals surface area contributed by atoms with Crippen LogP contribution >= 0.6 is 0 Å². The molecule has 1 aromatic rings. The van der Waals surface area contributed by atoms with Crippen LogP contribution in [0.4, 0.5) is 21.0 Å². The summed E-state index contributed by atoms with van der Waals surface area (Å²) < 4.78 is 16.2.